The molecule has 0 unspecified atom stereocenters. The van der Waals surface area contributed by atoms with E-state index in [0.29, 0.717) is 24.6 Å². The second-order valence-corrected chi connectivity index (χ2v) is 7.03. The molecule has 26 heavy (non-hydrogen) atoms. The number of thiophene rings is 1. The van der Waals surface area contributed by atoms with Gasteiger partial charge in [-0.3, -0.25) is 5.32 Å². The zero-order valence-corrected chi connectivity index (χ0v) is 14.8. The molecule has 0 saturated carbocycles. The van der Waals surface area contributed by atoms with E-state index in [1.165, 1.54) is 0 Å². The average Bonchev–Trinajstić information content (AvgIpc) is 3.36. The first kappa shape index (κ1) is 16.5. The molecular weight excluding hydrogens is 348 g/mol. The molecule has 2 amide bonds. The predicted molar refractivity (Wildman–Crippen MR) is 102 cm³/mol. The Labute approximate surface area is 154 Å². The second kappa shape index (κ2) is 7.09. The predicted octanol–water partition coefficient (Wildman–Crippen LogP) is 3.20. The molecule has 1 aliphatic heterocycles. The van der Waals surface area contributed by atoms with E-state index in [-0.39, 0.29) is 11.9 Å². The van der Waals surface area contributed by atoms with Gasteiger partial charge in [-0.05, 0) is 36.1 Å². The smallest absolute Gasteiger partial charge is 0.323 e. The third kappa shape index (κ3) is 3.36. The van der Waals surface area contributed by atoms with Crippen molar-refractivity contribution < 1.29 is 4.79 Å². The number of nitrogens with two attached hydrogens (primary N) is 1. The SMILES string of the molecule is Nc1ccc(-c2cccs2)nc1NC(=O)N1CC[C@@H](c2ncccn2)C1. The Kier molecular flexibility index (Phi) is 4.49. The van der Waals surface area contributed by atoms with Gasteiger partial charge in [0.2, 0.25) is 0 Å². The van der Waals surface area contributed by atoms with E-state index in [9.17, 15) is 4.79 Å². The van der Waals surface area contributed by atoms with Crippen LogP contribution in [0.1, 0.15) is 18.2 Å². The fourth-order valence-electron chi connectivity index (χ4n) is 2.99. The molecule has 3 N–H and O–H groups in total. The highest BCUT2D eigenvalue weighted by Crippen LogP contribution is 2.28. The summed E-state index contributed by atoms with van der Waals surface area (Å²) in [4.78, 5) is 28.5. The Hall–Kier alpha value is -3.00. The summed E-state index contributed by atoms with van der Waals surface area (Å²) >= 11 is 1.59. The zero-order valence-electron chi connectivity index (χ0n) is 14.0. The van der Waals surface area contributed by atoms with Crippen LogP contribution in [-0.2, 0) is 0 Å². The number of nitrogens with one attached hydrogen (secondary N) is 1. The fourth-order valence-corrected chi connectivity index (χ4v) is 3.68. The number of anilines is 2. The molecule has 8 heteroatoms. The minimum absolute atomic E-state index is 0.157. The maximum Gasteiger partial charge on any atom is 0.323 e. The van der Waals surface area contributed by atoms with Gasteiger partial charge in [0.25, 0.3) is 0 Å². The van der Waals surface area contributed by atoms with Crippen molar-refractivity contribution in [3.63, 3.8) is 0 Å². The van der Waals surface area contributed by atoms with Gasteiger partial charge in [-0.1, -0.05) is 6.07 Å². The first-order chi connectivity index (χ1) is 12.7. The largest absolute Gasteiger partial charge is 0.396 e. The van der Waals surface area contributed by atoms with Gasteiger partial charge >= 0.3 is 6.03 Å². The van der Waals surface area contributed by atoms with Crippen molar-refractivity contribution in [3.05, 3.63) is 53.9 Å². The van der Waals surface area contributed by atoms with Gasteiger partial charge in [0, 0.05) is 31.4 Å². The summed E-state index contributed by atoms with van der Waals surface area (Å²) in [7, 11) is 0. The van der Waals surface area contributed by atoms with Crippen LogP contribution in [0.5, 0.6) is 0 Å². The number of carbonyl (C=O) groups is 1. The summed E-state index contributed by atoms with van der Waals surface area (Å²) in [6, 6.07) is 9.16. The second-order valence-electron chi connectivity index (χ2n) is 6.08. The van der Waals surface area contributed by atoms with Crippen molar-refractivity contribution in [2.75, 3.05) is 24.1 Å². The van der Waals surface area contributed by atoms with Crippen molar-refractivity contribution in [1.29, 1.82) is 0 Å². The number of nitrogens with zero attached hydrogens (tertiary/aromatic N) is 4. The number of urea groups is 1. The van der Waals surface area contributed by atoms with Crippen molar-refractivity contribution in [2.45, 2.75) is 12.3 Å². The van der Waals surface area contributed by atoms with E-state index < -0.39 is 0 Å². The molecule has 3 aromatic heterocycles. The highest BCUT2D eigenvalue weighted by molar-refractivity contribution is 7.13. The van der Waals surface area contributed by atoms with Crippen molar-refractivity contribution in [1.82, 2.24) is 19.9 Å². The van der Waals surface area contributed by atoms with Crippen LogP contribution in [0.3, 0.4) is 0 Å². The van der Waals surface area contributed by atoms with E-state index in [1.807, 2.05) is 23.6 Å². The Bertz CT molecular complexity index is 899. The quantitative estimate of drug-likeness (QED) is 0.742. The lowest BCUT2D eigenvalue weighted by Crippen LogP contribution is -2.33. The van der Waals surface area contributed by atoms with Crippen LogP contribution in [0, 0.1) is 0 Å². The standard InChI is InChI=1S/C18H18N6OS/c19-13-4-5-14(15-3-1-10-26-15)22-17(13)23-18(25)24-9-6-12(11-24)16-20-7-2-8-21-16/h1-5,7-8,10,12H,6,9,11,19H2,(H,22,23,25)/t12-/m1/s1. The van der Waals surface area contributed by atoms with Crippen LogP contribution in [0.4, 0.5) is 16.3 Å². The number of likely N-dealkylation sites (tertiary alicyclic amines) is 1. The molecule has 0 aliphatic carbocycles. The summed E-state index contributed by atoms with van der Waals surface area (Å²) in [6.45, 7) is 1.24. The van der Waals surface area contributed by atoms with Crippen LogP contribution in [0.15, 0.2) is 48.1 Å². The van der Waals surface area contributed by atoms with Gasteiger partial charge in [-0.2, -0.15) is 0 Å². The number of pyridine rings is 1. The number of rotatable bonds is 3. The Morgan fingerprint density at radius 1 is 1.23 bits per heavy atom. The molecule has 1 aliphatic rings. The monoisotopic (exact) mass is 366 g/mol. The fraction of sp³-hybridized carbons (Fsp3) is 0.222. The van der Waals surface area contributed by atoms with Crippen molar-refractivity contribution in [3.8, 4) is 10.6 Å². The van der Waals surface area contributed by atoms with Gasteiger partial charge in [-0.25, -0.2) is 19.7 Å². The molecule has 4 heterocycles. The maximum atomic E-state index is 12.6. The molecule has 132 valence electrons. The summed E-state index contributed by atoms with van der Waals surface area (Å²) in [5.74, 6) is 1.32. The third-order valence-electron chi connectivity index (χ3n) is 4.35. The van der Waals surface area contributed by atoms with Crippen molar-refractivity contribution >= 4 is 28.9 Å². The number of carbonyl (C=O) groups excluding carboxylic acids is 1. The van der Waals surface area contributed by atoms with E-state index in [0.717, 1.165) is 22.8 Å². The van der Waals surface area contributed by atoms with E-state index in [2.05, 4.69) is 20.3 Å². The van der Waals surface area contributed by atoms with E-state index in [4.69, 9.17) is 5.73 Å². The van der Waals surface area contributed by atoms with Crippen LogP contribution in [0.2, 0.25) is 0 Å². The zero-order chi connectivity index (χ0) is 17.9. The topological polar surface area (TPSA) is 97.0 Å². The highest BCUT2D eigenvalue weighted by atomic mass is 32.1. The van der Waals surface area contributed by atoms with Gasteiger partial charge in [0.05, 0.1) is 16.3 Å². The number of aromatic nitrogens is 3. The summed E-state index contributed by atoms with van der Waals surface area (Å²) in [6.07, 6.45) is 4.30. The molecule has 7 nitrogen and oxygen atoms in total. The Balaban J connectivity index is 1.46. The lowest BCUT2D eigenvalue weighted by Gasteiger charge is -2.17. The van der Waals surface area contributed by atoms with Crippen LogP contribution >= 0.6 is 11.3 Å². The molecule has 3 aromatic rings. The lowest BCUT2D eigenvalue weighted by molar-refractivity contribution is 0.222. The average molecular weight is 366 g/mol. The first-order valence-corrected chi connectivity index (χ1v) is 9.22. The Morgan fingerprint density at radius 3 is 2.85 bits per heavy atom. The van der Waals surface area contributed by atoms with E-state index in [1.54, 1.807) is 40.8 Å². The van der Waals surface area contributed by atoms with Gasteiger partial charge in [0.15, 0.2) is 5.82 Å². The Morgan fingerprint density at radius 2 is 2.08 bits per heavy atom. The molecule has 0 radical (unpaired) electrons. The van der Waals surface area contributed by atoms with Crippen LogP contribution in [0.25, 0.3) is 10.6 Å². The normalized spacial score (nSPS) is 16.6. The van der Waals surface area contributed by atoms with E-state index >= 15 is 0 Å². The molecule has 0 spiro atoms. The van der Waals surface area contributed by atoms with Crippen LogP contribution in [-0.4, -0.2) is 39.0 Å². The van der Waals surface area contributed by atoms with Crippen molar-refractivity contribution in [2.24, 2.45) is 0 Å². The maximum absolute atomic E-state index is 12.6. The van der Waals surface area contributed by atoms with Gasteiger partial charge < -0.3 is 10.6 Å². The van der Waals surface area contributed by atoms with Gasteiger partial charge in [0.1, 0.15) is 5.82 Å². The molecule has 1 atom stereocenters. The summed E-state index contributed by atoms with van der Waals surface area (Å²) < 4.78 is 0. The number of amides is 2. The molecule has 0 bridgehead atoms. The summed E-state index contributed by atoms with van der Waals surface area (Å²) in [5, 5.41) is 4.83. The number of hydrogen-bond donors (Lipinski definition) is 2. The van der Waals surface area contributed by atoms with Gasteiger partial charge in [-0.15, -0.1) is 11.3 Å². The molecule has 0 aromatic carbocycles. The highest BCUT2D eigenvalue weighted by Gasteiger charge is 2.29. The minimum atomic E-state index is -0.203. The molecule has 4 rings (SSSR count). The first-order valence-electron chi connectivity index (χ1n) is 8.34. The molecule has 1 fully saturated rings. The lowest BCUT2D eigenvalue weighted by atomic mass is 10.1. The number of hydrogen-bond acceptors (Lipinski definition) is 6. The third-order valence-corrected chi connectivity index (χ3v) is 5.24. The molecular formula is C18H18N6OS. The minimum Gasteiger partial charge on any atom is -0.396 e. The van der Waals surface area contributed by atoms with Crippen LogP contribution < -0.4 is 11.1 Å². The number of nitrogen functional groups attached to an aromatic ring is 1. The summed E-state index contributed by atoms with van der Waals surface area (Å²) in [5.41, 5.74) is 7.23. The molecule has 1 saturated heterocycles.